The standard InChI is InChI=1S/C30H39N3O2/c1-5-33(6-2)20-8-19-31-30(34)26-15-18-29(23(3)21-26)32-27-10-7-9-25(22-27)12-11-24-13-16-28(35-4)17-14-24/h7,9-10,13-18,21-22,32H,5-6,8,11-12,19-20H2,1-4H3,(H,31,34). The number of ether oxygens (including phenoxy) is 1. The van der Waals surface area contributed by atoms with Gasteiger partial charge in [0.15, 0.2) is 0 Å². The molecule has 0 aliphatic carbocycles. The molecule has 0 bridgehead atoms. The highest BCUT2D eigenvalue weighted by atomic mass is 16.5. The maximum absolute atomic E-state index is 12.6. The number of nitrogens with one attached hydrogen (secondary N) is 2. The fourth-order valence-corrected chi connectivity index (χ4v) is 4.13. The predicted molar refractivity (Wildman–Crippen MR) is 146 cm³/mol. The number of carbonyl (C=O) groups excluding carboxylic acids is 1. The van der Waals surface area contributed by atoms with E-state index in [9.17, 15) is 4.79 Å². The summed E-state index contributed by atoms with van der Waals surface area (Å²) in [5, 5.41) is 6.56. The summed E-state index contributed by atoms with van der Waals surface area (Å²) in [6.07, 6.45) is 2.90. The molecule has 0 heterocycles. The zero-order valence-electron chi connectivity index (χ0n) is 21.6. The van der Waals surface area contributed by atoms with Crippen LogP contribution >= 0.6 is 0 Å². The summed E-state index contributed by atoms with van der Waals surface area (Å²) in [7, 11) is 1.69. The van der Waals surface area contributed by atoms with Crippen molar-refractivity contribution in [2.24, 2.45) is 0 Å². The first-order valence-electron chi connectivity index (χ1n) is 12.6. The van der Waals surface area contributed by atoms with Crippen molar-refractivity contribution in [3.63, 3.8) is 0 Å². The first-order valence-corrected chi connectivity index (χ1v) is 12.6. The minimum absolute atomic E-state index is 0.0141. The van der Waals surface area contributed by atoms with E-state index in [1.54, 1.807) is 7.11 Å². The van der Waals surface area contributed by atoms with Crippen LogP contribution in [0.2, 0.25) is 0 Å². The van der Waals surface area contributed by atoms with E-state index in [4.69, 9.17) is 4.74 Å². The van der Waals surface area contributed by atoms with E-state index in [0.717, 1.165) is 61.6 Å². The number of rotatable bonds is 13. The summed E-state index contributed by atoms with van der Waals surface area (Å²) in [5.74, 6) is 0.869. The number of benzene rings is 3. The van der Waals surface area contributed by atoms with Crippen LogP contribution in [-0.2, 0) is 12.8 Å². The van der Waals surface area contributed by atoms with Crippen LogP contribution in [0.25, 0.3) is 0 Å². The van der Waals surface area contributed by atoms with Crippen LogP contribution in [0, 0.1) is 6.92 Å². The lowest BCUT2D eigenvalue weighted by molar-refractivity contribution is 0.0951. The Labute approximate surface area is 210 Å². The van der Waals surface area contributed by atoms with Crippen LogP contribution in [-0.4, -0.2) is 44.1 Å². The maximum atomic E-state index is 12.6. The Morgan fingerprint density at radius 3 is 2.34 bits per heavy atom. The van der Waals surface area contributed by atoms with Gasteiger partial charge in [0.25, 0.3) is 5.91 Å². The summed E-state index contributed by atoms with van der Waals surface area (Å²) >= 11 is 0. The van der Waals surface area contributed by atoms with Crippen LogP contribution in [0.1, 0.15) is 47.3 Å². The van der Waals surface area contributed by atoms with E-state index in [1.165, 1.54) is 11.1 Å². The van der Waals surface area contributed by atoms with Crippen LogP contribution in [0.4, 0.5) is 11.4 Å². The second-order valence-corrected chi connectivity index (χ2v) is 8.84. The lowest BCUT2D eigenvalue weighted by Crippen LogP contribution is -2.29. The molecule has 0 saturated heterocycles. The Balaban J connectivity index is 1.53. The molecule has 0 saturated carbocycles. The third kappa shape index (κ3) is 8.15. The second kappa shape index (κ2) is 13.5. The number of anilines is 2. The highest BCUT2D eigenvalue weighted by Gasteiger charge is 2.09. The quantitative estimate of drug-likeness (QED) is 0.299. The zero-order chi connectivity index (χ0) is 25.0. The molecule has 5 heteroatoms. The molecule has 0 aromatic heterocycles. The third-order valence-electron chi connectivity index (χ3n) is 6.39. The molecule has 5 nitrogen and oxygen atoms in total. The molecule has 1 amide bonds. The highest BCUT2D eigenvalue weighted by Crippen LogP contribution is 2.23. The van der Waals surface area contributed by atoms with Gasteiger partial charge in [-0.15, -0.1) is 0 Å². The first-order chi connectivity index (χ1) is 17.0. The Morgan fingerprint density at radius 2 is 1.66 bits per heavy atom. The first kappa shape index (κ1) is 26.3. The molecule has 0 aliphatic heterocycles. The summed E-state index contributed by atoms with van der Waals surface area (Å²) in [6.45, 7) is 10.2. The van der Waals surface area contributed by atoms with Gasteiger partial charge in [-0.2, -0.15) is 0 Å². The number of hydrogen-bond acceptors (Lipinski definition) is 4. The fraction of sp³-hybridized carbons (Fsp3) is 0.367. The fourth-order valence-electron chi connectivity index (χ4n) is 4.13. The predicted octanol–water partition coefficient (Wildman–Crippen LogP) is 5.99. The highest BCUT2D eigenvalue weighted by molar-refractivity contribution is 5.95. The van der Waals surface area contributed by atoms with Crippen LogP contribution in [0.15, 0.2) is 66.7 Å². The molecule has 0 radical (unpaired) electrons. The molecule has 0 atom stereocenters. The van der Waals surface area contributed by atoms with Crippen molar-refractivity contribution >= 4 is 17.3 Å². The van der Waals surface area contributed by atoms with Gasteiger partial charge in [0, 0.05) is 23.5 Å². The van der Waals surface area contributed by atoms with E-state index >= 15 is 0 Å². The summed E-state index contributed by atoms with van der Waals surface area (Å²) in [4.78, 5) is 14.9. The van der Waals surface area contributed by atoms with Crippen molar-refractivity contribution in [1.29, 1.82) is 0 Å². The Kier molecular flexibility index (Phi) is 10.2. The average molecular weight is 474 g/mol. The third-order valence-corrected chi connectivity index (χ3v) is 6.39. The van der Waals surface area contributed by atoms with Gasteiger partial charge < -0.3 is 20.3 Å². The lowest BCUT2D eigenvalue weighted by atomic mass is 10.0. The lowest BCUT2D eigenvalue weighted by Gasteiger charge is -2.17. The molecule has 0 fully saturated rings. The molecular weight excluding hydrogens is 434 g/mol. The van der Waals surface area contributed by atoms with Gasteiger partial charge in [-0.25, -0.2) is 0 Å². The van der Waals surface area contributed by atoms with Gasteiger partial charge in [0.1, 0.15) is 5.75 Å². The molecule has 0 unspecified atom stereocenters. The smallest absolute Gasteiger partial charge is 0.251 e. The monoisotopic (exact) mass is 473 g/mol. The summed E-state index contributed by atoms with van der Waals surface area (Å²) in [5.41, 5.74) is 6.38. The molecule has 0 aliphatic rings. The Morgan fingerprint density at radius 1 is 0.914 bits per heavy atom. The largest absolute Gasteiger partial charge is 0.497 e. The second-order valence-electron chi connectivity index (χ2n) is 8.84. The molecule has 3 rings (SSSR count). The molecule has 0 spiro atoms. The van der Waals surface area contributed by atoms with Crippen molar-refractivity contribution in [3.8, 4) is 5.75 Å². The van der Waals surface area contributed by atoms with Crippen molar-refractivity contribution in [2.45, 2.75) is 40.0 Å². The van der Waals surface area contributed by atoms with Gasteiger partial charge in [0.2, 0.25) is 0 Å². The Hall–Kier alpha value is -3.31. The normalized spacial score (nSPS) is 10.9. The van der Waals surface area contributed by atoms with Gasteiger partial charge in [-0.3, -0.25) is 4.79 Å². The van der Waals surface area contributed by atoms with Crippen molar-refractivity contribution < 1.29 is 9.53 Å². The van der Waals surface area contributed by atoms with E-state index < -0.39 is 0 Å². The Bertz CT molecular complexity index is 1080. The molecule has 186 valence electrons. The number of hydrogen-bond donors (Lipinski definition) is 2. The molecule has 3 aromatic carbocycles. The van der Waals surface area contributed by atoms with Crippen molar-refractivity contribution in [3.05, 3.63) is 89.0 Å². The number of carbonyl (C=O) groups is 1. The topological polar surface area (TPSA) is 53.6 Å². The molecule has 2 N–H and O–H groups in total. The van der Waals surface area contributed by atoms with Gasteiger partial charge >= 0.3 is 0 Å². The van der Waals surface area contributed by atoms with Crippen LogP contribution < -0.4 is 15.4 Å². The number of aryl methyl sites for hydroxylation is 3. The van der Waals surface area contributed by atoms with Crippen LogP contribution in [0.5, 0.6) is 5.75 Å². The van der Waals surface area contributed by atoms with E-state index in [0.29, 0.717) is 12.1 Å². The maximum Gasteiger partial charge on any atom is 0.251 e. The average Bonchev–Trinajstić information content (AvgIpc) is 2.89. The minimum atomic E-state index is -0.0141. The van der Waals surface area contributed by atoms with E-state index in [1.807, 2.05) is 37.3 Å². The van der Waals surface area contributed by atoms with Crippen LogP contribution in [0.3, 0.4) is 0 Å². The number of nitrogens with zero attached hydrogens (tertiary/aromatic N) is 1. The van der Waals surface area contributed by atoms with E-state index in [2.05, 4.69) is 65.8 Å². The van der Waals surface area contributed by atoms with Gasteiger partial charge in [0.05, 0.1) is 7.11 Å². The molecular formula is C30H39N3O2. The zero-order valence-corrected chi connectivity index (χ0v) is 21.6. The minimum Gasteiger partial charge on any atom is -0.497 e. The molecule has 35 heavy (non-hydrogen) atoms. The van der Waals surface area contributed by atoms with Gasteiger partial charge in [-0.1, -0.05) is 38.1 Å². The number of methoxy groups -OCH3 is 1. The summed E-state index contributed by atoms with van der Waals surface area (Å²) in [6, 6.07) is 22.6. The SMILES string of the molecule is CCN(CC)CCCNC(=O)c1ccc(Nc2cccc(CCc3ccc(OC)cc3)c2)c(C)c1. The van der Waals surface area contributed by atoms with E-state index in [-0.39, 0.29) is 5.91 Å². The van der Waals surface area contributed by atoms with Gasteiger partial charge in [-0.05, 0) is 105 Å². The van der Waals surface area contributed by atoms with Crippen molar-refractivity contribution in [2.75, 3.05) is 38.6 Å². The molecule has 3 aromatic rings. The number of amides is 1. The summed E-state index contributed by atoms with van der Waals surface area (Å²) < 4.78 is 5.24. The van der Waals surface area contributed by atoms with Crippen molar-refractivity contribution in [1.82, 2.24) is 10.2 Å².